The van der Waals surface area contributed by atoms with Crippen molar-refractivity contribution >= 4 is 59.6 Å². The van der Waals surface area contributed by atoms with Crippen LogP contribution in [-0.4, -0.2) is 54.1 Å². The van der Waals surface area contributed by atoms with E-state index >= 15 is 0 Å². The van der Waals surface area contributed by atoms with E-state index in [1.165, 1.54) is 0 Å². The topological polar surface area (TPSA) is 37.3 Å². The number of hydrogen-bond acceptors (Lipinski definition) is 1. The van der Waals surface area contributed by atoms with E-state index in [9.17, 15) is 4.79 Å². The van der Waals surface area contributed by atoms with Crippen molar-refractivity contribution < 1.29 is 12.8 Å². The van der Waals surface area contributed by atoms with Gasteiger partial charge in [-0.3, -0.25) is 4.79 Å². The van der Waals surface area contributed by atoms with Gasteiger partial charge in [-0.15, -0.1) is 0 Å². The summed E-state index contributed by atoms with van der Waals surface area (Å²) >= 11 is 2.71. The summed E-state index contributed by atoms with van der Waals surface area (Å²) in [6.07, 6.45) is 0. The first-order valence-corrected chi connectivity index (χ1v) is 2.17. The number of rotatable bonds is 1. The van der Waals surface area contributed by atoms with E-state index in [-0.39, 0.29) is 45.9 Å². The van der Waals surface area contributed by atoms with Gasteiger partial charge in [0.25, 0.3) is 0 Å². The molecule has 0 fully saturated rings. The Morgan fingerprint density at radius 1 is 2.00 bits per heavy atom. The predicted molar refractivity (Wildman–Crippen MR) is 29.4 cm³/mol. The second-order valence-electron chi connectivity index (χ2n) is 0.527. The molecule has 0 aromatic heterocycles. The van der Waals surface area contributed by atoms with Gasteiger partial charge in [-0.1, -0.05) is 15.9 Å². The molecule has 6 heavy (non-hydrogen) atoms. The van der Waals surface area contributed by atoms with Gasteiger partial charge in [0.1, 0.15) is 5.33 Å². The minimum Gasteiger partial charge on any atom is -1.00 e. The van der Waals surface area contributed by atoms with E-state index in [4.69, 9.17) is 5.11 Å². The Bertz CT molecular complexity index is 53.3. The molecule has 0 atom stereocenters. The number of carboxylic acids is 1. The summed E-state index contributed by atoms with van der Waals surface area (Å²) in [5.74, 6) is -0.829. The minimum absolute atomic E-state index is 0. The van der Waals surface area contributed by atoms with Crippen LogP contribution in [0.25, 0.3) is 0 Å². The fourth-order valence-corrected chi connectivity index (χ4v) is 0. The standard InChI is InChI=1S/C2H3BrO2.Ca.2H/c3-1-2(4)5;;;/h1H2,(H,4,5);;;/q;+2;2*-1. The average molecular weight is 181 g/mol. The Labute approximate surface area is 77.0 Å². The van der Waals surface area contributed by atoms with E-state index < -0.39 is 5.97 Å². The number of carboxylic acid groups (broad SMARTS) is 1. The monoisotopic (exact) mass is 180 g/mol. The fourth-order valence-electron chi connectivity index (χ4n) is 0. The molecule has 34 valence electrons. The van der Waals surface area contributed by atoms with E-state index in [2.05, 4.69) is 15.9 Å². The fraction of sp³-hybridized carbons (Fsp3) is 0.500. The van der Waals surface area contributed by atoms with Crippen molar-refractivity contribution in [3.05, 3.63) is 0 Å². The van der Waals surface area contributed by atoms with Gasteiger partial charge in [0, 0.05) is 0 Å². The summed E-state index contributed by atoms with van der Waals surface area (Å²) in [5, 5.41) is 7.71. The molecule has 0 aliphatic rings. The predicted octanol–water partition coefficient (Wildman–Crippen LogP) is 0.310. The molecule has 0 amide bonds. The Morgan fingerprint density at radius 2 is 2.17 bits per heavy atom. The van der Waals surface area contributed by atoms with Gasteiger partial charge in [0.05, 0.1) is 0 Å². The number of carbonyl (C=O) groups is 1. The van der Waals surface area contributed by atoms with Crippen molar-refractivity contribution in [1.82, 2.24) is 0 Å². The van der Waals surface area contributed by atoms with E-state index in [0.29, 0.717) is 0 Å². The first kappa shape index (κ1) is 10.2. The molecule has 0 unspecified atom stereocenters. The van der Waals surface area contributed by atoms with Crippen LogP contribution in [0.2, 0.25) is 0 Å². The quantitative estimate of drug-likeness (QED) is 0.467. The molecule has 0 saturated carbocycles. The van der Waals surface area contributed by atoms with Gasteiger partial charge < -0.3 is 7.96 Å². The number of halogens is 1. The van der Waals surface area contributed by atoms with Gasteiger partial charge >= 0.3 is 43.7 Å². The molecule has 0 saturated heterocycles. The zero-order valence-corrected chi connectivity index (χ0v) is 6.94. The first-order valence-electron chi connectivity index (χ1n) is 1.05. The van der Waals surface area contributed by atoms with Crippen LogP contribution >= 0.6 is 15.9 Å². The molecule has 0 heterocycles. The Morgan fingerprint density at radius 3 is 2.17 bits per heavy atom. The first-order chi connectivity index (χ1) is 2.27. The van der Waals surface area contributed by atoms with E-state index in [1.807, 2.05) is 0 Å². The Hall–Kier alpha value is 1.21. The molecular weight excluding hydrogens is 176 g/mol. The van der Waals surface area contributed by atoms with Gasteiger partial charge in [0.2, 0.25) is 0 Å². The molecule has 2 nitrogen and oxygen atoms in total. The van der Waals surface area contributed by atoms with Crippen LogP contribution in [0.3, 0.4) is 0 Å². The molecular formula is C2H5BrCaO2. The van der Waals surface area contributed by atoms with Crippen LogP contribution in [0.5, 0.6) is 0 Å². The number of alkyl halides is 1. The van der Waals surface area contributed by atoms with Crippen molar-refractivity contribution in [3.8, 4) is 0 Å². The van der Waals surface area contributed by atoms with Gasteiger partial charge in [-0.25, -0.2) is 0 Å². The SMILES string of the molecule is O=C(O)CBr.[Ca+2].[H-].[H-]. The molecule has 0 radical (unpaired) electrons. The summed E-state index contributed by atoms with van der Waals surface area (Å²) in [6.45, 7) is 0. The van der Waals surface area contributed by atoms with Crippen LogP contribution in [0.1, 0.15) is 2.85 Å². The molecule has 0 bridgehead atoms. The maximum Gasteiger partial charge on any atom is 2.00 e. The Kier molecular flexibility index (Phi) is 10.6. The molecule has 0 aromatic carbocycles. The second-order valence-corrected chi connectivity index (χ2v) is 1.09. The third kappa shape index (κ3) is 8.96. The summed E-state index contributed by atoms with van der Waals surface area (Å²) < 4.78 is 0. The summed E-state index contributed by atoms with van der Waals surface area (Å²) in [7, 11) is 0. The largest absolute Gasteiger partial charge is 2.00 e. The zero-order valence-electron chi connectivity index (χ0n) is 5.15. The average Bonchev–Trinajstić information content (AvgIpc) is 1.38. The molecule has 4 heteroatoms. The smallest absolute Gasteiger partial charge is 1.00 e. The number of aliphatic carboxylic acids is 1. The third-order valence-corrected chi connectivity index (χ3v) is 0.594. The third-order valence-electron chi connectivity index (χ3n) is 0.114. The molecule has 0 aliphatic carbocycles. The van der Waals surface area contributed by atoms with Gasteiger partial charge in [-0.2, -0.15) is 0 Å². The molecule has 0 rings (SSSR count). The zero-order chi connectivity index (χ0) is 4.28. The Balaban J connectivity index is -0.0000000267. The molecule has 1 N–H and O–H groups in total. The summed E-state index contributed by atoms with van der Waals surface area (Å²) in [4.78, 5) is 9.32. The van der Waals surface area contributed by atoms with E-state index in [1.54, 1.807) is 0 Å². The van der Waals surface area contributed by atoms with Crippen molar-refractivity contribution in [2.75, 3.05) is 5.33 Å². The number of hydrogen-bond donors (Lipinski definition) is 1. The van der Waals surface area contributed by atoms with Gasteiger partial charge in [-0.05, 0) is 0 Å². The summed E-state index contributed by atoms with van der Waals surface area (Å²) in [6, 6.07) is 0. The van der Waals surface area contributed by atoms with Gasteiger partial charge in [0.15, 0.2) is 0 Å². The normalized spacial score (nSPS) is 6.17. The van der Waals surface area contributed by atoms with Crippen molar-refractivity contribution in [3.63, 3.8) is 0 Å². The minimum atomic E-state index is -0.829. The molecule has 0 spiro atoms. The van der Waals surface area contributed by atoms with E-state index in [0.717, 1.165) is 0 Å². The van der Waals surface area contributed by atoms with Crippen molar-refractivity contribution in [2.45, 2.75) is 0 Å². The van der Waals surface area contributed by atoms with Crippen LogP contribution < -0.4 is 0 Å². The van der Waals surface area contributed by atoms with Crippen molar-refractivity contribution in [2.24, 2.45) is 0 Å². The molecule has 0 aliphatic heterocycles. The maximum absolute atomic E-state index is 9.32. The van der Waals surface area contributed by atoms with Crippen LogP contribution in [0.15, 0.2) is 0 Å². The van der Waals surface area contributed by atoms with Crippen LogP contribution in [0, 0.1) is 0 Å². The summed E-state index contributed by atoms with van der Waals surface area (Å²) in [5.41, 5.74) is 0. The van der Waals surface area contributed by atoms with Crippen LogP contribution in [-0.2, 0) is 4.79 Å². The van der Waals surface area contributed by atoms with Crippen LogP contribution in [0.4, 0.5) is 0 Å². The second kappa shape index (κ2) is 6.21. The van der Waals surface area contributed by atoms with Crippen molar-refractivity contribution in [1.29, 1.82) is 0 Å². The molecule has 0 aromatic rings. The maximum atomic E-state index is 9.32.